The second-order valence-electron chi connectivity index (χ2n) is 5.43. The zero-order chi connectivity index (χ0) is 15.4. The van der Waals surface area contributed by atoms with E-state index in [9.17, 15) is 9.18 Å². The first-order valence-electron chi connectivity index (χ1n) is 7.41. The number of ether oxygens (including phenoxy) is 1. The highest BCUT2D eigenvalue weighted by Crippen LogP contribution is 2.19. The molecule has 1 unspecified atom stereocenters. The fraction of sp³-hybridized carbons (Fsp3) is 0.353. The zero-order valence-corrected chi connectivity index (χ0v) is 13.0. The SMILES string of the molecule is O=C(c1cccs1)N1CCCC(OCc2ccc(F)cc2)C1. The summed E-state index contributed by atoms with van der Waals surface area (Å²) in [4.78, 5) is 15.0. The maximum absolute atomic E-state index is 12.9. The third-order valence-corrected chi connectivity index (χ3v) is 4.65. The van der Waals surface area contributed by atoms with Crippen LogP contribution in [0.25, 0.3) is 0 Å². The van der Waals surface area contributed by atoms with Gasteiger partial charge in [0.2, 0.25) is 0 Å². The van der Waals surface area contributed by atoms with Crippen LogP contribution in [0.5, 0.6) is 0 Å². The molecule has 1 atom stereocenters. The van der Waals surface area contributed by atoms with Crippen molar-refractivity contribution >= 4 is 17.2 Å². The molecule has 0 bridgehead atoms. The lowest BCUT2D eigenvalue weighted by atomic mass is 10.1. The summed E-state index contributed by atoms with van der Waals surface area (Å²) < 4.78 is 18.8. The van der Waals surface area contributed by atoms with Gasteiger partial charge in [0.1, 0.15) is 5.82 Å². The normalized spacial score (nSPS) is 18.4. The van der Waals surface area contributed by atoms with Crippen molar-refractivity contribution in [2.24, 2.45) is 0 Å². The molecule has 3 rings (SSSR count). The zero-order valence-electron chi connectivity index (χ0n) is 12.2. The largest absolute Gasteiger partial charge is 0.372 e. The van der Waals surface area contributed by atoms with Crippen LogP contribution in [0.4, 0.5) is 4.39 Å². The first-order valence-corrected chi connectivity index (χ1v) is 8.29. The van der Waals surface area contributed by atoms with Gasteiger partial charge in [-0.2, -0.15) is 0 Å². The Morgan fingerprint density at radius 3 is 2.86 bits per heavy atom. The standard InChI is InChI=1S/C17H18FNO2S/c18-14-7-5-13(6-8-14)12-21-15-3-1-9-19(11-15)17(20)16-4-2-10-22-16/h2,4-8,10,15H,1,3,9,11-12H2. The third kappa shape index (κ3) is 3.72. The molecule has 3 nitrogen and oxygen atoms in total. The van der Waals surface area contributed by atoms with E-state index < -0.39 is 0 Å². The molecule has 1 saturated heterocycles. The van der Waals surface area contributed by atoms with Gasteiger partial charge in [-0.05, 0) is 42.0 Å². The van der Waals surface area contributed by atoms with Crippen molar-refractivity contribution in [1.29, 1.82) is 0 Å². The van der Waals surface area contributed by atoms with E-state index in [1.165, 1.54) is 23.5 Å². The minimum atomic E-state index is -0.242. The molecular weight excluding hydrogens is 301 g/mol. The van der Waals surface area contributed by atoms with Crippen LogP contribution in [0.1, 0.15) is 28.1 Å². The number of thiophene rings is 1. The fourth-order valence-electron chi connectivity index (χ4n) is 2.61. The minimum Gasteiger partial charge on any atom is -0.372 e. The predicted molar refractivity (Wildman–Crippen MR) is 84.4 cm³/mol. The first kappa shape index (κ1) is 15.2. The lowest BCUT2D eigenvalue weighted by Crippen LogP contribution is -2.42. The van der Waals surface area contributed by atoms with Gasteiger partial charge in [0.05, 0.1) is 17.6 Å². The lowest BCUT2D eigenvalue weighted by Gasteiger charge is -2.32. The van der Waals surface area contributed by atoms with E-state index >= 15 is 0 Å². The summed E-state index contributed by atoms with van der Waals surface area (Å²) in [5.74, 6) is -0.154. The average Bonchev–Trinajstić information content (AvgIpc) is 3.08. The van der Waals surface area contributed by atoms with Crippen LogP contribution in [0.2, 0.25) is 0 Å². The summed E-state index contributed by atoms with van der Waals surface area (Å²) in [5, 5.41) is 1.92. The number of hydrogen-bond acceptors (Lipinski definition) is 3. The highest BCUT2D eigenvalue weighted by molar-refractivity contribution is 7.12. The Morgan fingerprint density at radius 1 is 1.32 bits per heavy atom. The number of carbonyl (C=O) groups is 1. The average molecular weight is 319 g/mol. The molecule has 0 aliphatic carbocycles. The summed E-state index contributed by atoms with van der Waals surface area (Å²) >= 11 is 1.47. The molecule has 1 aliphatic rings. The van der Waals surface area contributed by atoms with Crippen molar-refractivity contribution in [3.05, 3.63) is 58.0 Å². The van der Waals surface area contributed by atoms with Crippen LogP contribution in [-0.4, -0.2) is 30.0 Å². The van der Waals surface area contributed by atoms with Gasteiger partial charge in [-0.1, -0.05) is 18.2 Å². The number of piperidine rings is 1. The molecule has 1 amide bonds. The smallest absolute Gasteiger partial charge is 0.264 e. The van der Waals surface area contributed by atoms with Crippen molar-refractivity contribution < 1.29 is 13.9 Å². The number of hydrogen-bond donors (Lipinski definition) is 0. The minimum absolute atomic E-state index is 0.0442. The number of nitrogens with zero attached hydrogens (tertiary/aromatic N) is 1. The van der Waals surface area contributed by atoms with E-state index in [2.05, 4.69) is 0 Å². The number of rotatable bonds is 4. The Labute approximate surface area is 133 Å². The highest BCUT2D eigenvalue weighted by Gasteiger charge is 2.25. The quantitative estimate of drug-likeness (QED) is 0.860. The molecule has 0 saturated carbocycles. The van der Waals surface area contributed by atoms with Crippen molar-refractivity contribution in [3.8, 4) is 0 Å². The number of carbonyl (C=O) groups excluding carboxylic acids is 1. The van der Waals surface area contributed by atoms with Crippen LogP contribution >= 0.6 is 11.3 Å². The van der Waals surface area contributed by atoms with Crippen molar-refractivity contribution in [3.63, 3.8) is 0 Å². The Balaban J connectivity index is 1.54. The molecule has 2 heterocycles. The molecule has 1 aromatic carbocycles. The molecule has 0 spiro atoms. The van der Waals surface area contributed by atoms with Crippen LogP contribution < -0.4 is 0 Å². The van der Waals surface area contributed by atoms with Gasteiger partial charge in [-0.3, -0.25) is 4.79 Å². The number of halogens is 1. The highest BCUT2D eigenvalue weighted by atomic mass is 32.1. The molecular formula is C17H18FNO2S. The molecule has 0 N–H and O–H groups in total. The Bertz CT molecular complexity index is 612. The van der Waals surface area contributed by atoms with Crippen LogP contribution in [0, 0.1) is 5.82 Å². The Morgan fingerprint density at radius 2 is 2.14 bits per heavy atom. The molecule has 1 fully saturated rings. The van der Waals surface area contributed by atoms with Gasteiger partial charge in [0.25, 0.3) is 5.91 Å². The fourth-order valence-corrected chi connectivity index (χ4v) is 3.30. The van der Waals surface area contributed by atoms with E-state index in [-0.39, 0.29) is 17.8 Å². The van der Waals surface area contributed by atoms with E-state index in [0.29, 0.717) is 13.2 Å². The number of likely N-dealkylation sites (tertiary alicyclic amines) is 1. The monoisotopic (exact) mass is 319 g/mol. The molecule has 2 aromatic rings. The van der Waals surface area contributed by atoms with E-state index in [1.807, 2.05) is 22.4 Å². The summed E-state index contributed by atoms with van der Waals surface area (Å²) in [6.07, 6.45) is 1.95. The van der Waals surface area contributed by atoms with Crippen LogP contribution in [0.3, 0.4) is 0 Å². The van der Waals surface area contributed by atoms with Crippen LogP contribution in [-0.2, 0) is 11.3 Å². The number of amides is 1. The summed E-state index contributed by atoms with van der Waals surface area (Å²) in [5.41, 5.74) is 0.947. The third-order valence-electron chi connectivity index (χ3n) is 3.80. The van der Waals surface area contributed by atoms with Gasteiger partial charge in [0.15, 0.2) is 0 Å². The predicted octanol–water partition coefficient (Wildman–Crippen LogP) is 3.71. The second-order valence-corrected chi connectivity index (χ2v) is 6.38. The van der Waals surface area contributed by atoms with Crippen molar-refractivity contribution in [2.75, 3.05) is 13.1 Å². The van der Waals surface area contributed by atoms with E-state index in [1.54, 1.807) is 12.1 Å². The maximum Gasteiger partial charge on any atom is 0.264 e. The lowest BCUT2D eigenvalue weighted by molar-refractivity contribution is -0.00660. The van der Waals surface area contributed by atoms with Crippen molar-refractivity contribution in [1.82, 2.24) is 4.90 Å². The van der Waals surface area contributed by atoms with Crippen molar-refractivity contribution in [2.45, 2.75) is 25.6 Å². The molecule has 1 aliphatic heterocycles. The molecule has 5 heteroatoms. The molecule has 116 valence electrons. The number of benzene rings is 1. The van der Waals surface area contributed by atoms with Gasteiger partial charge in [-0.15, -0.1) is 11.3 Å². The molecule has 22 heavy (non-hydrogen) atoms. The summed E-state index contributed by atoms with van der Waals surface area (Å²) in [6.45, 7) is 1.86. The van der Waals surface area contributed by atoms with Gasteiger partial charge in [-0.25, -0.2) is 4.39 Å². The maximum atomic E-state index is 12.9. The Hall–Kier alpha value is -1.72. The van der Waals surface area contributed by atoms with E-state index in [0.717, 1.165) is 29.8 Å². The van der Waals surface area contributed by atoms with Crippen LogP contribution in [0.15, 0.2) is 41.8 Å². The van der Waals surface area contributed by atoms with Gasteiger partial charge < -0.3 is 9.64 Å². The second kappa shape index (κ2) is 7.03. The molecule has 1 aromatic heterocycles. The Kier molecular flexibility index (Phi) is 4.85. The topological polar surface area (TPSA) is 29.5 Å². The van der Waals surface area contributed by atoms with E-state index in [4.69, 9.17) is 4.74 Å². The van der Waals surface area contributed by atoms with Gasteiger partial charge in [0, 0.05) is 13.1 Å². The summed E-state index contributed by atoms with van der Waals surface area (Å²) in [7, 11) is 0. The first-order chi connectivity index (χ1) is 10.7. The summed E-state index contributed by atoms with van der Waals surface area (Å²) in [6, 6.07) is 10.1. The van der Waals surface area contributed by atoms with Gasteiger partial charge >= 0.3 is 0 Å². The molecule has 0 radical (unpaired) electrons.